The van der Waals surface area contributed by atoms with Crippen molar-refractivity contribution in [3.63, 3.8) is 0 Å². The van der Waals surface area contributed by atoms with Crippen molar-refractivity contribution in [1.82, 2.24) is 9.80 Å². The van der Waals surface area contributed by atoms with Crippen LogP contribution in [0.15, 0.2) is 54.6 Å². The van der Waals surface area contributed by atoms with Gasteiger partial charge in [0.05, 0.1) is 5.41 Å². The normalized spacial score (nSPS) is 19.1. The molecule has 1 saturated heterocycles. The molecule has 0 aromatic heterocycles. The second-order valence-corrected chi connectivity index (χ2v) is 8.07. The molecule has 0 bridgehead atoms. The highest BCUT2D eigenvalue weighted by atomic mass is 16.5. The summed E-state index contributed by atoms with van der Waals surface area (Å²) in [7, 11) is 5.11. The van der Waals surface area contributed by atoms with Gasteiger partial charge in [0.1, 0.15) is 6.61 Å². The smallest absolute Gasteiger partial charge is 0.248 e. The zero-order valence-corrected chi connectivity index (χ0v) is 17.6. The Kier molecular flexibility index (Phi) is 6.70. The lowest BCUT2D eigenvalue weighted by Crippen LogP contribution is -2.54. The number of carbonyl (C=O) groups excluding carboxylic acids is 2. The average molecular weight is 395 g/mol. The summed E-state index contributed by atoms with van der Waals surface area (Å²) in [6.07, 6.45) is 2.20. The first kappa shape index (κ1) is 21.1. The molecule has 29 heavy (non-hydrogen) atoms. The molecular formula is C24H30N2O3. The van der Waals surface area contributed by atoms with E-state index in [0.717, 1.165) is 29.5 Å². The third kappa shape index (κ3) is 4.85. The molecule has 0 N–H and O–H groups in total. The van der Waals surface area contributed by atoms with Gasteiger partial charge >= 0.3 is 0 Å². The van der Waals surface area contributed by atoms with Crippen LogP contribution in [0.25, 0.3) is 11.1 Å². The first-order valence-electron chi connectivity index (χ1n) is 10.1. The molecule has 1 aliphatic heterocycles. The van der Waals surface area contributed by atoms with E-state index in [9.17, 15) is 9.59 Å². The molecule has 0 saturated carbocycles. The summed E-state index contributed by atoms with van der Waals surface area (Å²) in [6, 6.07) is 18.6. The summed E-state index contributed by atoms with van der Waals surface area (Å²) in [5.74, 6) is 0.0266. The first-order valence-corrected chi connectivity index (χ1v) is 10.1. The second-order valence-electron chi connectivity index (χ2n) is 8.07. The summed E-state index contributed by atoms with van der Waals surface area (Å²) in [5.41, 5.74) is 2.80. The van der Waals surface area contributed by atoms with Crippen LogP contribution in [-0.4, -0.2) is 62.5 Å². The van der Waals surface area contributed by atoms with Crippen molar-refractivity contribution in [2.45, 2.75) is 19.3 Å². The van der Waals surface area contributed by atoms with Crippen molar-refractivity contribution < 1.29 is 14.3 Å². The Balaban J connectivity index is 1.90. The molecule has 1 unspecified atom stereocenters. The van der Waals surface area contributed by atoms with Crippen LogP contribution in [0, 0.1) is 5.41 Å². The number of methoxy groups -OCH3 is 1. The third-order valence-corrected chi connectivity index (χ3v) is 5.63. The maximum Gasteiger partial charge on any atom is 0.248 e. The lowest BCUT2D eigenvalue weighted by atomic mass is 9.73. The quantitative estimate of drug-likeness (QED) is 0.756. The van der Waals surface area contributed by atoms with Gasteiger partial charge in [0.2, 0.25) is 11.8 Å². The minimum atomic E-state index is -0.611. The second kappa shape index (κ2) is 9.23. The number of piperidine rings is 1. The van der Waals surface area contributed by atoms with Gasteiger partial charge in [-0.1, -0.05) is 54.6 Å². The van der Waals surface area contributed by atoms with Gasteiger partial charge < -0.3 is 14.5 Å². The van der Waals surface area contributed by atoms with E-state index in [0.29, 0.717) is 19.5 Å². The van der Waals surface area contributed by atoms with Crippen molar-refractivity contribution in [1.29, 1.82) is 0 Å². The number of carbonyl (C=O) groups is 2. The standard InChI is InChI=1S/C24H30N2O3/c1-25(2)23(28)24(13-8-14-26(18-24)22(27)17-29-3)16-19-9-7-12-21(15-19)20-10-5-4-6-11-20/h4-7,9-12,15H,8,13-14,16-18H2,1-3H3. The molecule has 0 spiro atoms. The van der Waals surface area contributed by atoms with Gasteiger partial charge in [-0.05, 0) is 36.0 Å². The molecule has 3 rings (SSSR count). The fourth-order valence-electron chi connectivity index (χ4n) is 4.31. The fraction of sp³-hybridized carbons (Fsp3) is 0.417. The Labute approximate surface area is 173 Å². The molecule has 1 atom stereocenters. The minimum absolute atomic E-state index is 0.0513. The van der Waals surface area contributed by atoms with E-state index in [1.54, 1.807) is 23.9 Å². The van der Waals surface area contributed by atoms with E-state index >= 15 is 0 Å². The molecule has 1 fully saturated rings. The summed E-state index contributed by atoms with van der Waals surface area (Å²) < 4.78 is 5.03. The molecule has 2 aromatic carbocycles. The molecule has 2 aromatic rings. The van der Waals surface area contributed by atoms with Crippen molar-refractivity contribution in [3.05, 3.63) is 60.2 Å². The maximum absolute atomic E-state index is 13.3. The Hall–Kier alpha value is -2.66. The van der Waals surface area contributed by atoms with Crippen LogP contribution in [0.4, 0.5) is 0 Å². The number of nitrogens with zero attached hydrogens (tertiary/aromatic N) is 2. The Morgan fingerprint density at radius 3 is 2.48 bits per heavy atom. The topological polar surface area (TPSA) is 49.9 Å². The highest BCUT2D eigenvalue weighted by Crippen LogP contribution is 2.36. The highest BCUT2D eigenvalue weighted by Gasteiger charge is 2.44. The van der Waals surface area contributed by atoms with Crippen LogP contribution >= 0.6 is 0 Å². The lowest BCUT2D eigenvalue weighted by molar-refractivity contribution is -0.148. The Morgan fingerprint density at radius 1 is 1.07 bits per heavy atom. The number of rotatable bonds is 6. The van der Waals surface area contributed by atoms with Crippen molar-refractivity contribution in [2.75, 3.05) is 40.9 Å². The van der Waals surface area contributed by atoms with Crippen LogP contribution in [0.5, 0.6) is 0 Å². The van der Waals surface area contributed by atoms with Crippen LogP contribution in [0.1, 0.15) is 18.4 Å². The van der Waals surface area contributed by atoms with E-state index < -0.39 is 5.41 Å². The van der Waals surface area contributed by atoms with E-state index in [1.165, 1.54) is 7.11 Å². The zero-order valence-electron chi connectivity index (χ0n) is 17.6. The van der Waals surface area contributed by atoms with Gasteiger partial charge in [-0.25, -0.2) is 0 Å². The number of benzene rings is 2. The number of likely N-dealkylation sites (tertiary alicyclic amines) is 1. The predicted octanol–water partition coefficient (Wildman–Crippen LogP) is 3.24. The van der Waals surface area contributed by atoms with Gasteiger partial charge in [0.15, 0.2) is 0 Å². The lowest BCUT2D eigenvalue weighted by Gasteiger charge is -2.43. The van der Waals surface area contributed by atoms with E-state index in [4.69, 9.17) is 4.74 Å². The van der Waals surface area contributed by atoms with E-state index in [2.05, 4.69) is 30.3 Å². The van der Waals surface area contributed by atoms with Crippen LogP contribution in [0.3, 0.4) is 0 Å². The third-order valence-electron chi connectivity index (χ3n) is 5.63. The molecule has 2 amide bonds. The van der Waals surface area contributed by atoms with Crippen LogP contribution in [0.2, 0.25) is 0 Å². The SMILES string of the molecule is COCC(=O)N1CCCC(Cc2cccc(-c3ccccc3)c2)(C(=O)N(C)C)C1. The fourth-order valence-corrected chi connectivity index (χ4v) is 4.31. The molecular weight excluding hydrogens is 364 g/mol. The molecule has 1 heterocycles. The molecule has 5 heteroatoms. The number of hydrogen-bond donors (Lipinski definition) is 0. The summed E-state index contributed by atoms with van der Waals surface area (Å²) >= 11 is 0. The van der Waals surface area contributed by atoms with Crippen molar-refractivity contribution >= 4 is 11.8 Å². The molecule has 0 aliphatic carbocycles. The number of ether oxygens (including phenoxy) is 1. The van der Waals surface area contributed by atoms with Gasteiger partial charge in [-0.3, -0.25) is 9.59 Å². The van der Waals surface area contributed by atoms with Gasteiger partial charge in [-0.2, -0.15) is 0 Å². The monoisotopic (exact) mass is 394 g/mol. The summed E-state index contributed by atoms with van der Waals surface area (Å²) in [6.45, 7) is 1.16. The number of hydrogen-bond acceptors (Lipinski definition) is 3. The molecule has 1 aliphatic rings. The Morgan fingerprint density at radius 2 is 1.79 bits per heavy atom. The summed E-state index contributed by atoms with van der Waals surface area (Å²) in [4.78, 5) is 29.2. The average Bonchev–Trinajstić information content (AvgIpc) is 2.74. The van der Waals surface area contributed by atoms with Crippen molar-refractivity contribution in [2.24, 2.45) is 5.41 Å². The molecule has 154 valence electrons. The highest BCUT2D eigenvalue weighted by molar-refractivity contribution is 5.85. The summed E-state index contributed by atoms with van der Waals surface area (Å²) in [5, 5.41) is 0. The van der Waals surface area contributed by atoms with Crippen LogP contribution < -0.4 is 0 Å². The Bertz CT molecular complexity index is 850. The van der Waals surface area contributed by atoms with E-state index in [-0.39, 0.29) is 18.4 Å². The van der Waals surface area contributed by atoms with Gasteiger partial charge in [0, 0.05) is 34.3 Å². The van der Waals surface area contributed by atoms with Gasteiger partial charge in [0.25, 0.3) is 0 Å². The number of amides is 2. The van der Waals surface area contributed by atoms with Crippen molar-refractivity contribution in [3.8, 4) is 11.1 Å². The minimum Gasteiger partial charge on any atom is -0.375 e. The van der Waals surface area contributed by atoms with E-state index in [1.807, 2.05) is 24.3 Å². The van der Waals surface area contributed by atoms with Gasteiger partial charge in [-0.15, -0.1) is 0 Å². The molecule has 0 radical (unpaired) electrons. The largest absolute Gasteiger partial charge is 0.375 e. The zero-order chi connectivity index (χ0) is 20.9. The predicted molar refractivity (Wildman–Crippen MR) is 114 cm³/mol. The molecule has 5 nitrogen and oxygen atoms in total. The first-order chi connectivity index (χ1) is 13.9. The maximum atomic E-state index is 13.3. The van der Waals surface area contributed by atoms with Crippen LogP contribution in [-0.2, 0) is 20.7 Å².